The first kappa shape index (κ1) is 15.5. The first-order valence-corrected chi connectivity index (χ1v) is 7.91. The molecule has 2 aromatic heterocycles. The lowest BCUT2D eigenvalue weighted by atomic mass is 9.93. The van der Waals surface area contributed by atoms with Crippen molar-refractivity contribution in [1.82, 2.24) is 19.7 Å². The van der Waals surface area contributed by atoms with Gasteiger partial charge in [-0.25, -0.2) is 19.0 Å². The number of β-amino-alcohol motifs (C(OH)–C–C–N with tert-alkyl or cyclic N) is 1. The zero-order valence-corrected chi connectivity index (χ0v) is 13.4. The molecule has 3 aromatic rings. The predicted molar refractivity (Wildman–Crippen MR) is 90.7 cm³/mol. The molecule has 1 aliphatic rings. The third-order valence-corrected chi connectivity index (χ3v) is 4.49. The van der Waals surface area contributed by atoms with Gasteiger partial charge in [-0.3, -0.25) is 0 Å². The summed E-state index contributed by atoms with van der Waals surface area (Å²) in [5.41, 5.74) is 6.25. The molecule has 4 rings (SSSR count). The van der Waals surface area contributed by atoms with E-state index in [0.717, 1.165) is 0 Å². The number of rotatable bonds is 3. The van der Waals surface area contributed by atoms with Crippen molar-refractivity contribution in [2.24, 2.45) is 0 Å². The number of benzene rings is 1. The molecule has 1 aliphatic heterocycles. The zero-order chi connectivity index (χ0) is 17.4. The normalized spacial score (nSPS) is 20.2. The topological polar surface area (TPSA) is 93.1 Å². The van der Waals surface area contributed by atoms with Gasteiger partial charge in [0.2, 0.25) is 0 Å². The SMILES string of the molecule is Nc1c(N2CCC(O)(c3ccc(F)cc3)C2)ncnc1-n1cccn1. The number of hydrogen-bond donors (Lipinski definition) is 2. The molecule has 0 amide bonds. The second-order valence-electron chi connectivity index (χ2n) is 6.10. The highest BCUT2D eigenvalue weighted by Crippen LogP contribution is 2.36. The summed E-state index contributed by atoms with van der Waals surface area (Å²) in [5, 5.41) is 15.1. The van der Waals surface area contributed by atoms with Crippen molar-refractivity contribution < 1.29 is 9.50 Å². The molecule has 8 heteroatoms. The van der Waals surface area contributed by atoms with Crippen LogP contribution in [0, 0.1) is 5.82 Å². The van der Waals surface area contributed by atoms with Gasteiger partial charge in [-0.05, 0) is 30.2 Å². The summed E-state index contributed by atoms with van der Waals surface area (Å²) in [5.74, 6) is 0.719. The molecule has 1 saturated heterocycles. The van der Waals surface area contributed by atoms with Crippen LogP contribution < -0.4 is 10.6 Å². The lowest BCUT2D eigenvalue weighted by molar-refractivity contribution is 0.0606. The molecule has 1 atom stereocenters. The van der Waals surface area contributed by atoms with Gasteiger partial charge in [0.25, 0.3) is 0 Å². The maximum Gasteiger partial charge on any atom is 0.181 e. The molecule has 0 spiro atoms. The van der Waals surface area contributed by atoms with E-state index in [9.17, 15) is 9.50 Å². The van der Waals surface area contributed by atoms with Crippen molar-refractivity contribution in [3.63, 3.8) is 0 Å². The van der Waals surface area contributed by atoms with Crippen LogP contribution in [0.4, 0.5) is 15.9 Å². The molecular formula is C17H17FN6O. The number of halogens is 1. The van der Waals surface area contributed by atoms with Gasteiger partial charge in [0.15, 0.2) is 11.6 Å². The molecule has 1 unspecified atom stereocenters. The van der Waals surface area contributed by atoms with E-state index in [1.54, 1.807) is 35.3 Å². The van der Waals surface area contributed by atoms with Gasteiger partial charge in [-0.2, -0.15) is 5.10 Å². The summed E-state index contributed by atoms with van der Waals surface area (Å²) >= 11 is 0. The van der Waals surface area contributed by atoms with E-state index in [-0.39, 0.29) is 5.82 Å². The van der Waals surface area contributed by atoms with Crippen molar-refractivity contribution in [3.05, 3.63) is 60.4 Å². The van der Waals surface area contributed by atoms with Crippen LogP contribution in [0.2, 0.25) is 0 Å². The van der Waals surface area contributed by atoms with Crippen molar-refractivity contribution in [1.29, 1.82) is 0 Å². The van der Waals surface area contributed by atoms with E-state index in [0.29, 0.717) is 42.4 Å². The lowest BCUT2D eigenvalue weighted by Gasteiger charge is -2.25. The molecule has 128 valence electrons. The number of aromatic nitrogens is 4. The quantitative estimate of drug-likeness (QED) is 0.750. The van der Waals surface area contributed by atoms with Gasteiger partial charge in [0, 0.05) is 18.9 Å². The van der Waals surface area contributed by atoms with Crippen LogP contribution in [-0.4, -0.2) is 37.9 Å². The molecule has 0 bridgehead atoms. The third kappa shape index (κ3) is 2.70. The number of hydrogen-bond acceptors (Lipinski definition) is 6. The van der Waals surface area contributed by atoms with Crippen LogP contribution in [0.5, 0.6) is 0 Å². The van der Waals surface area contributed by atoms with Crippen LogP contribution in [-0.2, 0) is 5.60 Å². The summed E-state index contributed by atoms with van der Waals surface area (Å²) in [4.78, 5) is 10.4. The first-order chi connectivity index (χ1) is 12.1. The van der Waals surface area contributed by atoms with Gasteiger partial charge in [-0.1, -0.05) is 12.1 Å². The van der Waals surface area contributed by atoms with Gasteiger partial charge in [0.05, 0.1) is 6.54 Å². The van der Waals surface area contributed by atoms with E-state index in [4.69, 9.17) is 5.73 Å². The molecule has 0 radical (unpaired) electrons. The number of nitrogens with two attached hydrogens (primary N) is 1. The maximum absolute atomic E-state index is 13.1. The molecule has 0 saturated carbocycles. The molecule has 0 aliphatic carbocycles. The smallest absolute Gasteiger partial charge is 0.181 e. The largest absolute Gasteiger partial charge is 0.393 e. The Hall–Kier alpha value is -3.00. The van der Waals surface area contributed by atoms with E-state index in [2.05, 4.69) is 15.1 Å². The standard InChI is InChI=1S/C17H17FN6O/c18-13-4-2-12(3-5-13)17(25)6-9-23(10-17)15-14(19)16(21-11-20-15)24-8-1-7-22-24/h1-5,7-8,11,25H,6,9-10,19H2. The lowest BCUT2D eigenvalue weighted by Crippen LogP contribution is -2.31. The third-order valence-electron chi connectivity index (χ3n) is 4.49. The van der Waals surface area contributed by atoms with Crippen LogP contribution in [0.1, 0.15) is 12.0 Å². The Labute approximate surface area is 143 Å². The monoisotopic (exact) mass is 340 g/mol. The van der Waals surface area contributed by atoms with Crippen molar-refractivity contribution in [2.75, 3.05) is 23.7 Å². The van der Waals surface area contributed by atoms with E-state index >= 15 is 0 Å². The summed E-state index contributed by atoms with van der Waals surface area (Å²) in [6.07, 6.45) is 5.32. The minimum Gasteiger partial charge on any atom is -0.393 e. The van der Waals surface area contributed by atoms with Gasteiger partial charge in [-0.15, -0.1) is 0 Å². The average molecular weight is 340 g/mol. The van der Waals surface area contributed by atoms with Gasteiger partial charge in [0.1, 0.15) is 23.4 Å². The second-order valence-corrected chi connectivity index (χ2v) is 6.10. The average Bonchev–Trinajstić information content (AvgIpc) is 3.26. The number of anilines is 2. The molecule has 3 N–H and O–H groups in total. The Morgan fingerprint density at radius 3 is 2.64 bits per heavy atom. The minimum absolute atomic E-state index is 0.318. The predicted octanol–water partition coefficient (Wildman–Crippen LogP) is 1.48. The fourth-order valence-electron chi connectivity index (χ4n) is 3.18. The highest BCUT2D eigenvalue weighted by molar-refractivity contribution is 5.70. The molecule has 7 nitrogen and oxygen atoms in total. The Morgan fingerprint density at radius 2 is 1.92 bits per heavy atom. The molecule has 1 aromatic carbocycles. The zero-order valence-electron chi connectivity index (χ0n) is 13.4. The van der Waals surface area contributed by atoms with Crippen molar-refractivity contribution in [3.8, 4) is 5.82 Å². The van der Waals surface area contributed by atoms with Crippen molar-refractivity contribution in [2.45, 2.75) is 12.0 Å². The summed E-state index contributed by atoms with van der Waals surface area (Å²) in [7, 11) is 0. The van der Waals surface area contributed by atoms with Crippen LogP contribution in [0.3, 0.4) is 0 Å². The van der Waals surface area contributed by atoms with Crippen LogP contribution in [0.25, 0.3) is 5.82 Å². The Kier molecular flexibility index (Phi) is 3.61. The fraction of sp³-hybridized carbons (Fsp3) is 0.235. The Bertz CT molecular complexity index is 883. The van der Waals surface area contributed by atoms with Gasteiger partial charge < -0.3 is 15.7 Å². The Balaban J connectivity index is 1.64. The first-order valence-electron chi connectivity index (χ1n) is 7.91. The molecular weight excluding hydrogens is 323 g/mol. The maximum atomic E-state index is 13.1. The summed E-state index contributed by atoms with van der Waals surface area (Å²) < 4.78 is 14.7. The summed E-state index contributed by atoms with van der Waals surface area (Å²) in [6.45, 7) is 0.895. The Morgan fingerprint density at radius 1 is 1.16 bits per heavy atom. The van der Waals surface area contributed by atoms with Gasteiger partial charge >= 0.3 is 0 Å². The second kappa shape index (κ2) is 5.82. The molecule has 25 heavy (non-hydrogen) atoms. The highest BCUT2D eigenvalue weighted by Gasteiger charge is 2.39. The minimum atomic E-state index is -1.07. The highest BCUT2D eigenvalue weighted by atomic mass is 19.1. The van der Waals surface area contributed by atoms with E-state index in [1.165, 1.54) is 18.5 Å². The molecule has 3 heterocycles. The van der Waals surface area contributed by atoms with E-state index in [1.807, 2.05) is 4.90 Å². The van der Waals surface area contributed by atoms with Crippen molar-refractivity contribution >= 4 is 11.5 Å². The molecule has 1 fully saturated rings. The number of nitrogen functional groups attached to an aromatic ring is 1. The number of aliphatic hydroxyl groups is 1. The summed E-state index contributed by atoms with van der Waals surface area (Å²) in [6, 6.07) is 7.70. The fourth-order valence-corrected chi connectivity index (χ4v) is 3.18. The van der Waals surface area contributed by atoms with Crippen LogP contribution in [0.15, 0.2) is 49.1 Å². The number of nitrogens with zero attached hydrogens (tertiary/aromatic N) is 5. The van der Waals surface area contributed by atoms with E-state index < -0.39 is 5.60 Å². The van der Waals surface area contributed by atoms with Crippen LogP contribution >= 0.6 is 0 Å².